The minimum atomic E-state index is -2.93. The molecule has 13 heavy (non-hydrogen) atoms. The lowest BCUT2D eigenvalue weighted by Gasteiger charge is -2.06. The van der Waals surface area contributed by atoms with E-state index in [1.807, 2.05) is 0 Å². The molecule has 1 rings (SSSR count). The van der Waals surface area contributed by atoms with Gasteiger partial charge in [0.05, 0.1) is 17.8 Å². The normalized spacial score (nSPS) is 10.6. The van der Waals surface area contributed by atoms with Crippen LogP contribution in [0.15, 0.2) is 10.7 Å². The minimum absolute atomic E-state index is 0.0851. The maximum atomic E-state index is 13.0. The first-order valence-corrected chi connectivity index (χ1v) is 4.03. The van der Waals surface area contributed by atoms with Crippen molar-refractivity contribution in [1.29, 1.82) is 0 Å². The summed E-state index contributed by atoms with van der Waals surface area (Å²) in [5.74, 6) is -1.00. The first-order chi connectivity index (χ1) is 6.07. The quantitative estimate of drug-likeness (QED) is 0.811. The number of alkyl halides is 2. The van der Waals surface area contributed by atoms with Crippen molar-refractivity contribution in [3.8, 4) is 5.75 Å². The number of pyridine rings is 1. The zero-order valence-corrected chi connectivity index (χ0v) is 8.11. The van der Waals surface area contributed by atoms with Gasteiger partial charge in [-0.3, -0.25) is 0 Å². The molecular formula is C7H5BrF3NO. The SMILES string of the molecule is COc1cnc(C(F)F)c(F)c1Br. The molecule has 1 aromatic heterocycles. The molecule has 0 aliphatic rings. The number of methoxy groups -OCH3 is 1. The van der Waals surface area contributed by atoms with Crippen molar-refractivity contribution < 1.29 is 17.9 Å². The number of hydrogen-bond acceptors (Lipinski definition) is 2. The van der Waals surface area contributed by atoms with E-state index in [-0.39, 0.29) is 10.2 Å². The Morgan fingerprint density at radius 3 is 2.62 bits per heavy atom. The summed E-state index contributed by atoms with van der Waals surface area (Å²) in [5.41, 5.74) is -0.882. The Kier molecular flexibility index (Phi) is 3.13. The van der Waals surface area contributed by atoms with E-state index in [1.54, 1.807) is 0 Å². The molecule has 0 bridgehead atoms. The van der Waals surface area contributed by atoms with Gasteiger partial charge in [-0.2, -0.15) is 0 Å². The average Bonchev–Trinajstić information content (AvgIpc) is 2.09. The zero-order valence-electron chi connectivity index (χ0n) is 6.52. The van der Waals surface area contributed by atoms with Crippen molar-refractivity contribution in [2.75, 3.05) is 7.11 Å². The van der Waals surface area contributed by atoms with Gasteiger partial charge in [0.2, 0.25) is 0 Å². The molecule has 0 aliphatic carbocycles. The maximum absolute atomic E-state index is 13.0. The molecule has 6 heteroatoms. The summed E-state index contributed by atoms with van der Waals surface area (Å²) in [6, 6.07) is 0. The highest BCUT2D eigenvalue weighted by molar-refractivity contribution is 9.10. The van der Waals surface area contributed by atoms with Gasteiger partial charge in [-0.15, -0.1) is 0 Å². The monoisotopic (exact) mass is 255 g/mol. The van der Waals surface area contributed by atoms with E-state index in [2.05, 4.69) is 25.7 Å². The Morgan fingerprint density at radius 2 is 2.15 bits per heavy atom. The molecule has 0 radical (unpaired) electrons. The Hall–Kier alpha value is -0.780. The van der Waals surface area contributed by atoms with Crippen LogP contribution in [0.4, 0.5) is 13.2 Å². The van der Waals surface area contributed by atoms with Crippen molar-refractivity contribution in [1.82, 2.24) is 4.98 Å². The average molecular weight is 256 g/mol. The third kappa shape index (κ3) is 1.93. The number of nitrogens with zero attached hydrogens (tertiary/aromatic N) is 1. The maximum Gasteiger partial charge on any atom is 0.283 e. The second-order valence-corrected chi connectivity index (χ2v) is 2.93. The van der Waals surface area contributed by atoms with E-state index in [0.717, 1.165) is 6.20 Å². The highest BCUT2D eigenvalue weighted by Crippen LogP contribution is 2.31. The summed E-state index contributed by atoms with van der Waals surface area (Å²) in [6.07, 6.45) is -1.89. The summed E-state index contributed by atoms with van der Waals surface area (Å²) in [4.78, 5) is 3.23. The Morgan fingerprint density at radius 1 is 1.54 bits per heavy atom. The molecule has 0 saturated carbocycles. The van der Waals surface area contributed by atoms with E-state index in [4.69, 9.17) is 0 Å². The van der Waals surface area contributed by atoms with Crippen LogP contribution < -0.4 is 4.74 Å². The topological polar surface area (TPSA) is 22.1 Å². The van der Waals surface area contributed by atoms with Gasteiger partial charge in [-0.1, -0.05) is 0 Å². The highest BCUT2D eigenvalue weighted by Gasteiger charge is 2.19. The molecule has 0 saturated heterocycles. The van der Waals surface area contributed by atoms with Gasteiger partial charge in [-0.05, 0) is 15.9 Å². The van der Waals surface area contributed by atoms with Crippen molar-refractivity contribution in [3.05, 3.63) is 22.2 Å². The fraction of sp³-hybridized carbons (Fsp3) is 0.286. The number of hydrogen-bond donors (Lipinski definition) is 0. The lowest BCUT2D eigenvalue weighted by molar-refractivity contribution is 0.140. The van der Waals surface area contributed by atoms with Crippen LogP contribution in [0.25, 0.3) is 0 Å². The summed E-state index contributed by atoms with van der Waals surface area (Å²) < 4.78 is 41.7. The van der Waals surface area contributed by atoms with Gasteiger partial charge in [0.1, 0.15) is 5.69 Å². The molecule has 0 unspecified atom stereocenters. The first kappa shape index (κ1) is 10.3. The van der Waals surface area contributed by atoms with Crippen LogP contribution in [0.5, 0.6) is 5.75 Å². The molecule has 0 atom stereocenters. The van der Waals surface area contributed by atoms with Crippen LogP contribution in [0.1, 0.15) is 12.1 Å². The Labute approximate surface area is 80.9 Å². The molecular weight excluding hydrogens is 251 g/mol. The number of rotatable bonds is 2. The Bertz CT molecular complexity index is 319. The number of aromatic nitrogens is 1. The highest BCUT2D eigenvalue weighted by atomic mass is 79.9. The van der Waals surface area contributed by atoms with Crippen LogP contribution in [0, 0.1) is 5.82 Å². The second kappa shape index (κ2) is 3.95. The summed E-state index contributed by atoms with van der Waals surface area (Å²) >= 11 is 2.79. The van der Waals surface area contributed by atoms with Gasteiger partial charge in [0.25, 0.3) is 6.43 Å². The molecule has 1 aromatic rings. The summed E-state index contributed by atoms with van der Waals surface area (Å²) in [7, 11) is 1.29. The predicted octanol–water partition coefficient (Wildman–Crippen LogP) is 2.93. The minimum Gasteiger partial charge on any atom is -0.494 e. The van der Waals surface area contributed by atoms with Crippen molar-refractivity contribution in [2.24, 2.45) is 0 Å². The third-order valence-corrected chi connectivity index (χ3v) is 2.12. The van der Waals surface area contributed by atoms with Crippen molar-refractivity contribution in [3.63, 3.8) is 0 Å². The molecule has 2 nitrogen and oxygen atoms in total. The first-order valence-electron chi connectivity index (χ1n) is 3.24. The van der Waals surface area contributed by atoms with Crippen LogP contribution in [0.2, 0.25) is 0 Å². The largest absolute Gasteiger partial charge is 0.494 e. The molecule has 0 N–H and O–H groups in total. The van der Waals surface area contributed by atoms with E-state index >= 15 is 0 Å². The van der Waals surface area contributed by atoms with Gasteiger partial charge in [-0.25, -0.2) is 18.2 Å². The van der Waals surface area contributed by atoms with E-state index < -0.39 is 17.9 Å². The second-order valence-electron chi connectivity index (χ2n) is 2.14. The predicted molar refractivity (Wildman–Crippen MR) is 43.4 cm³/mol. The molecule has 1 heterocycles. The molecule has 0 amide bonds. The third-order valence-electron chi connectivity index (χ3n) is 1.38. The molecule has 0 aromatic carbocycles. The fourth-order valence-electron chi connectivity index (χ4n) is 0.757. The van der Waals surface area contributed by atoms with E-state index in [0.29, 0.717) is 0 Å². The standard InChI is InChI=1S/C7H5BrF3NO/c1-13-3-2-12-6(7(10)11)5(9)4(3)8/h2,7H,1H3. The van der Waals surface area contributed by atoms with E-state index in [1.165, 1.54) is 7.11 Å². The molecule has 0 fully saturated rings. The molecule has 0 spiro atoms. The smallest absolute Gasteiger partial charge is 0.283 e. The Balaban J connectivity index is 3.23. The number of ether oxygens (including phenoxy) is 1. The fourth-order valence-corrected chi connectivity index (χ4v) is 1.22. The zero-order chi connectivity index (χ0) is 10.0. The molecule has 0 aliphatic heterocycles. The lowest BCUT2D eigenvalue weighted by Crippen LogP contribution is -1.98. The van der Waals surface area contributed by atoms with Gasteiger partial charge in [0, 0.05) is 0 Å². The number of halogens is 4. The summed E-state index contributed by atoms with van der Waals surface area (Å²) in [6.45, 7) is 0. The van der Waals surface area contributed by atoms with Crippen molar-refractivity contribution >= 4 is 15.9 Å². The van der Waals surface area contributed by atoms with Crippen LogP contribution >= 0.6 is 15.9 Å². The lowest BCUT2D eigenvalue weighted by atomic mass is 10.3. The van der Waals surface area contributed by atoms with Crippen LogP contribution in [0.3, 0.4) is 0 Å². The summed E-state index contributed by atoms with van der Waals surface area (Å²) in [5, 5.41) is 0. The van der Waals surface area contributed by atoms with Crippen LogP contribution in [-0.2, 0) is 0 Å². The van der Waals surface area contributed by atoms with Gasteiger partial charge >= 0.3 is 0 Å². The van der Waals surface area contributed by atoms with Gasteiger partial charge in [0.15, 0.2) is 11.6 Å². The van der Waals surface area contributed by atoms with Crippen LogP contribution in [-0.4, -0.2) is 12.1 Å². The van der Waals surface area contributed by atoms with Gasteiger partial charge < -0.3 is 4.74 Å². The van der Waals surface area contributed by atoms with E-state index in [9.17, 15) is 13.2 Å². The molecule has 72 valence electrons. The van der Waals surface area contributed by atoms with Crippen molar-refractivity contribution in [2.45, 2.75) is 6.43 Å².